The summed E-state index contributed by atoms with van der Waals surface area (Å²) in [6.07, 6.45) is 11.1. The molecule has 1 N–H and O–H groups in total. The molecule has 0 radical (unpaired) electrons. The summed E-state index contributed by atoms with van der Waals surface area (Å²) in [6, 6.07) is 0. The second-order valence-corrected chi connectivity index (χ2v) is 9.63. The van der Waals surface area contributed by atoms with Crippen molar-refractivity contribution in [2.24, 2.45) is 5.92 Å². The first kappa shape index (κ1) is 27.2. The fourth-order valence-electron chi connectivity index (χ4n) is 4.48. The van der Waals surface area contributed by atoms with Crippen LogP contribution in [0.15, 0.2) is 57.9 Å². The average Bonchev–Trinajstić information content (AvgIpc) is 2.74. The van der Waals surface area contributed by atoms with Crippen LogP contribution in [0.1, 0.15) is 80.1 Å². The lowest BCUT2D eigenvalue weighted by molar-refractivity contribution is -0.177. The quantitative estimate of drug-likeness (QED) is 0.245. The van der Waals surface area contributed by atoms with Crippen LogP contribution >= 0.6 is 0 Å². The third-order valence-corrected chi connectivity index (χ3v) is 6.28. The summed E-state index contributed by atoms with van der Waals surface area (Å²) in [5.74, 6) is -5.74. The minimum atomic E-state index is -2.43. The van der Waals surface area contributed by atoms with Gasteiger partial charge in [-0.05, 0) is 73.1 Å². The third-order valence-electron chi connectivity index (χ3n) is 6.28. The van der Waals surface area contributed by atoms with E-state index in [-0.39, 0.29) is 18.4 Å². The van der Waals surface area contributed by atoms with Gasteiger partial charge in [0, 0.05) is 12.8 Å². The highest BCUT2D eigenvalue weighted by molar-refractivity contribution is 6.54. The maximum Gasteiger partial charge on any atom is 0.304 e. The number of allylic oxidation sites excluding steroid dienone is 8. The number of carbonyl (C=O) groups excluding carboxylic acids is 4. The molecule has 1 unspecified atom stereocenters. The van der Waals surface area contributed by atoms with Gasteiger partial charge in [-0.15, -0.1) is 0 Å². The molecule has 3 aliphatic carbocycles. The van der Waals surface area contributed by atoms with Gasteiger partial charge >= 0.3 is 5.97 Å². The molecule has 0 aliphatic heterocycles. The highest BCUT2D eigenvalue weighted by Crippen LogP contribution is 2.39. The van der Waals surface area contributed by atoms with Gasteiger partial charge in [-0.1, -0.05) is 46.6 Å². The van der Waals surface area contributed by atoms with E-state index < -0.39 is 40.6 Å². The fourth-order valence-corrected chi connectivity index (χ4v) is 4.48. The van der Waals surface area contributed by atoms with Crippen LogP contribution in [0.5, 0.6) is 0 Å². The molecule has 2 bridgehead atoms. The molecule has 3 aliphatic rings. The molecule has 0 spiro atoms. The summed E-state index contributed by atoms with van der Waals surface area (Å²) in [6.45, 7) is 10.6. The molecule has 0 amide bonds. The van der Waals surface area contributed by atoms with E-state index >= 15 is 0 Å². The van der Waals surface area contributed by atoms with Crippen LogP contribution in [0.4, 0.5) is 0 Å². The van der Waals surface area contributed by atoms with Crippen molar-refractivity contribution in [2.45, 2.75) is 85.7 Å². The van der Waals surface area contributed by atoms with Gasteiger partial charge in [-0.3, -0.25) is 19.2 Å². The number of esters is 1. The first-order valence-electron chi connectivity index (χ1n) is 11.8. The molecule has 0 heterocycles. The SMILES string of the molecule is CC(=O)OC12C(=O)C(=O)C(=C(O)C1=O)C/C=C(/C)CC/C=C(/C)CC/C=C(/C)C[C@H]2C=C(C)C. The standard InChI is InChI=1S/C28H36O6/c1-17(2)15-22-16-20(5)12-8-10-18(3)9-7-11-19(4)13-14-23-24(30)26(32)28(22,34-21(6)29)27(33)25(23)31/h9,12-13,15,22,30H,7-8,10-11,14,16H2,1-6H3/b18-9-,19-13-,20-12-/t22-,28?/m1/s1. The largest absolute Gasteiger partial charge is 0.504 e. The first-order valence-corrected chi connectivity index (χ1v) is 11.8. The van der Waals surface area contributed by atoms with Gasteiger partial charge in [0.1, 0.15) is 0 Å². The molecule has 6 heteroatoms. The van der Waals surface area contributed by atoms with E-state index in [1.807, 2.05) is 19.9 Å². The normalized spacial score (nSPS) is 29.9. The molecule has 0 aromatic carbocycles. The first-order chi connectivity index (χ1) is 15.9. The van der Waals surface area contributed by atoms with E-state index in [0.717, 1.165) is 49.3 Å². The van der Waals surface area contributed by atoms with Gasteiger partial charge < -0.3 is 9.84 Å². The molecule has 184 valence electrons. The van der Waals surface area contributed by atoms with E-state index in [2.05, 4.69) is 13.0 Å². The molecule has 34 heavy (non-hydrogen) atoms. The minimum absolute atomic E-state index is 0.0426. The Labute approximate surface area is 202 Å². The number of fused-ring (bicyclic) bond motifs is 11. The number of hydrogen-bond acceptors (Lipinski definition) is 6. The lowest BCUT2D eigenvalue weighted by Gasteiger charge is -2.38. The molecular formula is C28H36O6. The Hall–Kier alpha value is -3.02. The number of ketones is 3. The van der Waals surface area contributed by atoms with Crippen LogP contribution < -0.4 is 0 Å². The Morgan fingerprint density at radius 3 is 2.06 bits per heavy atom. The molecule has 6 nitrogen and oxygen atoms in total. The summed E-state index contributed by atoms with van der Waals surface area (Å²) >= 11 is 0. The summed E-state index contributed by atoms with van der Waals surface area (Å²) in [5, 5.41) is 10.8. The van der Waals surface area contributed by atoms with Crippen LogP contribution in [0.2, 0.25) is 0 Å². The van der Waals surface area contributed by atoms with Crippen LogP contribution in [0, 0.1) is 5.92 Å². The molecule has 0 saturated carbocycles. The van der Waals surface area contributed by atoms with Gasteiger partial charge in [0.15, 0.2) is 5.76 Å². The lowest BCUT2D eigenvalue weighted by atomic mass is 9.69. The van der Waals surface area contributed by atoms with E-state index in [1.165, 1.54) is 5.57 Å². The summed E-state index contributed by atoms with van der Waals surface area (Å²) in [4.78, 5) is 52.4. The number of Topliss-reactive ketones (excluding diaryl/α,β-unsaturated/α-hetero) is 3. The molecule has 0 fully saturated rings. The Bertz CT molecular complexity index is 1030. The van der Waals surface area contributed by atoms with Gasteiger partial charge in [-0.2, -0.15) is 0 Å². The average molecular weight is 469 g/mol. The van der Waals surface area contributed by atoms with E-state index in [1.54, 1.807) is 26.0 Å². The number of rotatable bonds is 2. The van der Waals surface area contributed by atoms with Crippen molar-refractivity contribution < 1.29 is 29.0 Å². The maximum atomic E-state index is 13.6. The zero-order valence-corrected chi connectivity index (χ0v) is 21.1. The molecule has 3 rings (SSSR count). The van der Waals surface area contributed by atoms with Crippen molar-refractivity contribution in [3.8, 4) is 0 Å². The molecule has 0 aromatic rings. The van der Waals surface area contributed by atoms with E-state index in [0.29, 0.717) is 0 Å². The van der Waals surface area contributed by atoms with Crippen molar-refractivity contribution in [3.63, 3.8) is 0 Å². The van der Waals surface area contributed by atoms with E-state index in [9.17, 15) is 24.3 Å². The van der Waals surface area contributed by atoms with Crippen molar-refractivity contribution in [2.75, 3.05) is 0 Å². The second-order valence-electron chi connectivity index (χ2n) is 9.63. The summed E-state index contributed by atoms with van der Waals surface area (Å²) in [5.41, 5.74) is 1.26. The third kappa shape index (κ3) is 6.10. The van der Waals surface area contributed by atoms with Gasteiger partial charge in [-0.25, -0.2) is 0 Å². The fraction of sp³-hybridized carbons (Fsp3) is 0.500. The van der Waals surface area contributed by atoms with Crippen LogP contribution in [-0.2, 0) is 23.9 Å². The number of aliphatic hydroxyl groups excluding tert-OH is 1. The van der Waals surface area contributed by atoms with Crippen LogP contribution in [0.25, 0.3) is 0 Å². The second kappa shape index (κ2) is 11.4. The Kier molecular flexibility index (Phi) is 9.14. The Balaban J connectivity index is 2.76. The van der Waals surface area contributed by atoms with Crippen molar-refractivity contribution in [1.82, 2.24) is 0 Å². The Morgan fingerprint density at radius 1 is 0.941 bits per heavy atom. The predicted octanol–water partition coefficient (Wildman–Crippen LogP) is 5.60. The van der Waals surface area contributed by atoms with Crippen molar-refractivity contribution in [3.05, 3.63) is 57.9 Å². The number of hydrogen-bond donors (Lipinski definition) is 1. The molecule has 0 aromatic heterocycles. The summed E-state index contributed by atoms with van der Waals surface area (Å²) < 4.78 is 5.41. The number of aliphatic hydroxyl groups is 1. The molecule has 0 saturated heterocycles. The zero-order valence-electron chi connectivity index (χ0n) is 21.1. The smallest absolute Gasteiger partial charge is 0.304 e. The minimum Gasteiger partial charge on any atom is -0.504 e. The van der Waals surface area contributed by atoms with Crippen molar-refractivity contribution >= 4 is 23.3 Å². The van der Waals surface area contributed by atoms with Gasteiger partial charge in [0.2, 0.25) is 17.2 Å². The lowest BCUT2D eigenvalue weighted by Crippen LogP contribution is -2.61. The monoisotopic (exact) mass is 468 g/mol. The molecular weight excluding hydrogens is 432 g/mol. The summed E-state index contributed by atoms with van der Waals surface area (Å²) in [7, 11) is 0. The number of ether oxygens (including phenoxy) is 1. The van der Waals surface area contributed by atoms with Crippen LogP contribution in [0.3, 0.4) is 0 Å². The molecule has 2 atom stereocenters. The zero-order chi connectivity index (χ0) is 25.6. The maximum absolute atomic E-state index is 13.6. The number of carbonyl (C=O) groups is 4. The highest BCUT2D eigenvalue weighted by Gasteiger charge is 2.61. The Morgan fingerprint density at radius 2 is 1.50 bits per heavy atom. The predicted molar refractivity (Wildman–Crippen MR) is 131 cm³/mol. The van der Waals surface area contributed by atoms with Gasteiger partial charge in [0.25, 0.3) is 5.78 Å². The van der Waals surface area contributed by atoms with Crippen LogP contribution in [-0.4, -0.2) is 34.0 Å². The topological polar surface area (TPSA) is 97.7 Å². The van der Waals surface area contributed by atoms with Crippen molar-refractivity contribution in [1.29, 1.82) is 0 Å². The van der Waals surface area contributed by atoms with E-state index in [4.69, 9.17) is 4.74 Å². The highest BCUT2D eigenvalue weighted by atomic mass is 16.6. The van der Waals surface area contributed by atoms with Gasteiger partial charge in [0.05, 0.1) is 5.57 Å².